The first kappa shape index (κ1) is 10.3. The molecule has 0 radical (unpaired) electrons. The highest BCUT2D eigenvalue weighted by molar-refractivity contribution is 7.80. The Balaban J connectivity index is 2.59. The summed E-state index contributed by atoms with van der Waals surface area (Å²) in [5, 5.41) is 0. The third-order valence-corrected chi connectivity index (χ3v) is 2.98. The summed E-state index contributed by atoms with van der Waals surface area (Å²) in [4.78, 5) is 1.04. The minimum absolute atomic E-state index is 1.04. The normalized spacial score (nSPS) is 10.3. The molecule has 0 saturated carbocycles. The summed E-state index contributed by atoms with van der Waals surface area (Å²) >= 11 is 4.50. The van der Waals surface area contributed by atoms with Crippen LogP contribution in [0.3, 0.4) is 0 Å². The van der Waals surface area contributed by atoms with Gasteiger partial charge in [0.1, 0.15) is 0 Å². The van der Waals surface area contributed by atoms with Gasteiger partial charge in [0.05, 0.1) is 0 Å². The van der Waals surface area contributed by atoms with Crippen LogP contribution in [-0.2, 0) is 6.42 Å². The van der Waals surface area contributed by atoms with E-state index < -0.39 is 0 Å². The molecule has 0 bridgehead atoms. The van der Waals surface area contributed by atoms with Gasteiger partial charge in [-0.3, -0.25) is 0 Å². The van der Waals surface area contributed by atoms with E-state index in [9.17, 15) is 0 Å². The molecule has 0 saturated heterocycles. The van der Waals surface area contributed by atoms with Crippen molar-refractivity contribution in [2.24, 2.45) is 0 Å². The minimum Gasteiger partial charge on any atom is -0.143 e. The quantitative estimate of drug-likeness (QED) is 0.711. The molecule has 0 aromatic heterocycles. The molecule has 0 heterocycles. The lowest BCUT2D eigenvalue weighted by atomic mass is 9.98. The van der Waals surface area contributed by atoms with Gasteiger partial charge in [-0.1, -0.05) is 49.4 Å². The van der Waals surface area contributed by atoms with Gasteiger partial charge in [0.15, 0.2) is 0 Å². The molecule has 15 heavy (non-hydrogen) atoms. The lowest BCUT2D eigenvalue weighted by Gasteiger charge is -2.09. The van der Waals surface area contributed by atoms with Crippen molar-refractivity contribution in [3.8, 4) is 11.1 Å². The van der Waals surface area contributed by atoms with Gasteiger partial charge in [0, 0.05) is 4.90 Å². The van der Waals surface area contributed by atoms with Gasteiger partial charge in [-0.15, -0.1) is 12.6 Å². The fourth-order valence-corrected chi connectivity index (χ4v) is 2.07. The first-order chi connectivity index (χ1) is 7.33. The van der Waals surface area contributed by atoms with Gasteiger partial charge in [-0.25, -0.2) is 0 Å². The standard InChI is InChI=1S/C14H14S/c1-2-11-7-3-4-8-12(11)13-9-5-6-10-14(13)15/h3-10,15H,2H2,1H3. The number of rotatable bonds is 2. The van der Waals surface area contributed by atoms with E-state index in [2.05, 4.69) is 56.0 Å². The summed E-state index contributed by atoms with van der Waals surface area (Å²) in [6.07, 6.45) is 1.05. The maximum atomic E-state index is 4.50. The van der Waals surface area contributed by atoms with E-state index in [1.165, 1.54) is 16.7 Å². The van der Waals surface area contributed by atoms with Gasteiger partial charge in [-0.05, 0) is 29.2 Å². The monoisotopic (exact) mass is 214 g/mol. The van der Waals surface area contributed by atoms with Crippen LogP contribution in [0.2, 0.25) is 0 Å². The highest BCUT2D eigenvalue weighted by Crippen LogP contribution is 2.29. The molecule has 0 unspecified atom stereocenters. The summed E-state index contributed by atoms with van der Waals surface area (Å²) in [6, 6.07) is 16.7. The summed E-state index contributed by atoms with van der Waals surface area (Å²) in [7, 11) is 0. The molecule has 1 heteroatoms. The Kier molecular flexibility index (Phi) is 3.12. The van der Waals surface area contributed by atoms with Crippen molar-refractivity contribution in [2.45, 2.75) is 18.2 Å². The van der Waals surface area contributed by atoms with E-state index in [1.54, 1.807) is 0 Å². The molecular formula is C14H14S. The Labute approximate surface area is 96.4 Å². The molecule has 0 fully saturated rings. The van der Waals surface area contributed by atoms with Crippen molar-refractivity contribution in [3.05, 3.63) is 54.1 Å². The Hall–Kier alpha value is -1.21. The molecule has 2 aromatic carbocycles. The fourth-order valence-electron chi connectivity index (χ4n) is 1.79. The summed E-state index contributed by atoms with van der Waals surface area (Å²) in [6.45, 7) is 2.18. The van der Waals surface area contributed by atoms with E-state index in [0.717, 1.165) is 11.3 Å². The van der Waals surface area contributed by atoms with Crippen molar-refractivity contribution in [1.82, 2.24) is 0 Å². The molecule has 0 nitrogen and oxygen atoms in total. The predicted molar refractivity (Wildman–Crippen MR) is 68.5 cm³/mol. The molecule has 0 aliphatic carbocycles. The molecule has 0 aliphatic rings. The smallest absolute Gasteiger partial charge is 0.0119 e. The topological polar surface area (TPSA) is 0 Å². The van der Waals surface area contributed by atoms with E-state index >= 15 is 0 Å². The van der Waals surface area contributed by atoms with Crippen LogP contribution in [-0.4, -0.2) is 0 Å². The average molecular weight is 214 g/mol. The van der Waals surface area contributed by atoms with E-state index in [-0.39, 0.29) is 0 Å². The van der Waals surface area contributed by atoms with Crippen LogP contribution in [0.1, 0.15) is 12.5 Å². The van der Waals surface area contributed by atoms with Gasteiger partial charge in [0.2, 0.25) is 0 Å². The van der Waals surface area contributed by atoms with Crippen LogP contribution in [0.15, 0.2) is 53.4 Å². The van der Waals surface area contributed by atoms with Crippen molar-refractivity contribution < 1.29 is 0 Å². The Morgan fingerprint density at radius 1 is 0.867 bits per heavy atom. The van der Waals surface area contributed by atoms with E-state index in [4.69, 9.17) is 0 Å². The SMILES string of the molecule is CCc1ccccc1-c1ccccc1S. The van der Waals surface area contributed by atoms with Gasteiger partial charge >= 0.3 is 0 Å². The van der Waals surface area contributed by atoms with Crippen LogP contribution in [0.4, 0.5) is 0 Å². The highest BCUT2D eigenvalue weighted by atomic mass is 32.1. The number of aryl methyl sites for hydroxylation is 1. The number of thiol groups is 1. The van der Waals surface area contributed by atoms with Crippen LogP contribution in [0.25, 0.3) is 11.1 Å². The van der Waals surface area contributed by atoms with Gasteiger partial charge < -0.3 is 0 Å². The highest BCUT2D eigenvalue weighted by Gasteiger charge is 2.04. The summed E-state index contributed by atoms with van der Waals surface area (Å²) < 4.78 is 0. The molecule has 2 rings (SSSR count). The molecule has 0 atom stereocenters. The molecular weight excluding hydrogens is 200 g/mol. The average Bonchev–Trinajstić information content (AvgIpc) is 2.30. The van der Waals surface area contributed by atoms with Gasteiger partial charge in [-0.2, -0.15) is 0 Å². The molecule has 0 N–H and O–H groups in total. The molecule has 2 aromatic rings. The molecule has 0 aliphatic heterocycles. The minimum atomic E-state index is 1.04. The second kappa shape index (κ2) is 4.54. The van der Waals surface area contributed by atoms with E-state index in [0.29, 0.717) is 0 Å². The van der Waals surface area contributed by atoms with Crippen molar-refractivity contribution in [1.29, 1.82) is 0 Å². The fraction of sp³-hybridized carbons (Fsp3) is 0.143. The maximum absolute atomic E-state index is 4.50. The number of hydrogen-bond donors (Lipinski definition) is 1. The maximum Gasteiger partial charge on any atom is 0.0119 e. The predicted octanol–water partition coefficient (Wildman–Crippen LogP) is 4.20. The Bertz CT molecular complexity index is 460. The third-order valence-electron chi connectivity index (χ3n) is 2.59. The van der Waals surface area contributed by atoms with Crippen LogP contribution < -0.4 is 0 Å². The van der Waals surface area contributed by atoms with E-state index in [1.807, 2.05) is 12.1 Å². The zero-order chi connectivity index (χ0) is 10.7. The van der Waals surface area contributed by atoms with Crippen LogP contribution in [0, 0.1) is 0 Å². The van der Waals surface area contributed by atoms with Crippen LogP contribution in [0.5, 0.6) is 0 Å². The Morgan fingerprint density at radius 2 is 1.47 bits per heavy atom. The second-order valence-corrected chi connectivity index (χ2v) is 4.01. The third kappa shape index (κ3) is 2.07. The summed E-state index contributed by atoms with van der Waals surface area (Å²) in [5.41, 5.74) is 3.89. The van der Waals surface area contributed by atoms with Gasteiger partial charge in [0.25, 0.3) is 0 Å². The molecule has 76 valence electrons. The van der Waals surface area contributed by atoms with Crippen molar-refractivity contribution in [3.63, 3.8) is 0 Å². The number of hydrogen-bond acceptors (Lipinski definition) is 1. The molecule has 0 amide bonds. The number of benzene rings is 2. The summed E-state index contributed by atoms with van der Waals surface area (Å²) in [5.74, 6) is 0. The van der Waals surface area contributed by atoms with Crippen molar-refractivity contribution >= 4 is 12.6 Å². The zero-order valence-electron chi connectivity index (χ0n) is 8.77. The largest absolute Gasteiger partial charge is 0.143 e. The molecule has 0 spiro atoms. The van der Waals surface area contributed by atoms with Crippen LogP contribution >= 0.6 is 12.6 Å². The Morgan fingerprint density at radius 3 is 2.13 bits per heavy atom. The lowest BCUT2D eigenvalue weighted by molar-refractivity contribution is 1.14. The first-order valence-corrected chi connectivity index (χ1v) is 5.64. The first-order valence-electron chi connectivity index (χ1n) is 5.19. The zero-order valence-corrected chi connectivity index (χ0v) is 9.67. The lowest BCUT2D eigenvalue weighted by Crippen LogP contribution is -1.87. The van der Waals surface area contributed by atoms with Crippen molar-refractivity contribution in [2.75, 3.05) is 0 Å². The second-order valence-electron chi connectivity index (χ2n) is 3.53.